The first-order valence-corrected chi connectivity index (χ1v) is 11.2. The molecule has 0 aromatic heterocycles. The average Bonchev–Trinajstić information content (AvgIpc) is 2.73. The minimum Gasteiger partial charge on any atom is -0.449 e. The molecule has 2 atom stereocenters. The lowest BCUT2D eigenvalue weighted by Crippen LogP contribution is -2.48. The highest BCUT2D eigenvalue weighted by Crippen LogP contribution is 2.35. The Balaban J connectivity index is 1.57. The van der Waals surface area contributed by atoms with Crippen LogP contribution in [0.3, 0.4) is 0 Å². The first-order valence-electron chi connectivity index (χ1n) is 10.4. The third-order valence-electron chi connectivity index (χ3n) is 5.74. The van der Waals surface area contributed by atoms with Crippen molar-refractivity contribution in [2.24, 2.45) is 5.92 Å². The molecule has 0 saturated heterocycles. The number of carbonyl (C=O) groups excluding carboxylic acids is 2. The van der Waals surface area contributed by atoms with Gasteiger partial charge in [0.1, 0.15) is 6.54 Å². The quantitative estimate of drug-likeness (QED) is 0.648. The Hall–Kier alpha value is -2.60. The van der Waals surface area contributed by atoms with Gasteiger partial charge in [-0.05, 0) is 54.7 Å². The van der Waals surface area contributed by atoms with E-state index in [1.807, 2.05) is 42.5 Å². The molecule has 0 bridgehead atoms. The number of carbonyl (C=O) groups is 2. The van der Waals surface area contributed by atoms with E-state index in [4.69, 9.17) is 4.74 Å². The van der Waals surface area contributed by atoms with Gasteiger partial charge in [-0.25, -0.2) is 0 Å². The standard InChI is InChI=1S/C24H25BrN2O3/c1-16-7-2-3-10-19(16)26-23(28)15-27-20-11-4-5-12-21(20)30-22(24(27)29)14-17-8-6-9-18(25)13-17/h4-6,8-9,11-14,16,19H,2-3,7,10,15H2,1H3,(H,26,28)/b22-14+/t16-,19+/m0/s1. The Bertz CT molecular complexity index is 988. The summed E-state index contributed by atoms with van der Waals surface area (Å²) in [6.07, 6.45) is 6.18. The van der Waals surface area contributed by atoms with E-state index < -0.39 is 0 Å². The van der Waals surface area contributed by atoms with Crippen LogP contribution in [0.15, 0.2) is 58.8 Å². The predicted molar refractivity (Wildman–Crippen MR) is 121 cm³/mol. The number of amides is 2. The topological polar surface area (TPSA) is 58.6 Å². The number of hydrogen-bond donors (Lipinski definition) is 1. The number of para-hydroxylation sites is 2. The lowest BCUT2D eigenvalue weighted by Gasteiger charge is -2.32. The summed E-state index contributed by atoms with van der Waals surface area (Å²) in [6, 6.07) is 15.1. The van der Waals surface area contributed by atoms with Crippen molar-refractivity contribution in [3.05, 3.63) is 64.3 Å². The lowest BCUT2D eigenvalue weighted by atomic mass is 9.86. The predicted octanol–water partition coefficient (Wildman–Crippen LogP) is 4.91. The summed E-state index contributed by atoms with van der Waals surface area (Å²) in [6.45, 7) is 2.15. The molecule has 30 heavy (non-hydrogen) atoms. The molecule has 1 saturated carbocycles. The Morgan fingerprint density at radius 3 is 2.80 bits per heavy atom. The van der Waals surface area contributed by atoms with Gasteiger partial charge >= 0.3 is 0 Å². The molecule has 1 aliphatic carbocycles. The van der Waals surface area contributed by atoms with Gasteiger partial charge in [0, 0.05) is 10.5 Å². The van der Waals surface area contributed by atoms with Crippen molar-refractivity contribution in [2.45, 2.75) is 38.6 Å². The molecule has 156 valence electrons. The number of halogens is 1. The normalized spacial score (nSPS) is 22.4. The Morgan fingerprint density at radius 1 is 1.20 bits per heavy atom. The van der Waals surface area contributed by atoms with Crippen LogP contribution in [0.2, 0.25) is 0 Å². The number of anilines is 1. The largest absolute Gasteiger partial charge is 0.449 e. The molecule has 2 aromatic carbocycles. The van der Waals surface area contributed by atoms with E-state index in [0.29, 0.717) is 17.4 Å². The van der Waals surface area contributed by atoms with E-state index in [0.717, 1.165) is 29.3 Å². The fourth-order valence-corrected chi connectivity index (χ4v) is 4.51. The lowest BCUT2D eigenvalue weighted by molar-refractivity contribution is -0.124. The second-order valence-electron chi connectivity index (χ2n) is 7.96. The van der Waals surface area contributed by atoms with Gasteiger partial charge in [0.05, 0.1) is 5.69 Å². The second kappa shape index (κ2) is 9.04. The van der Waals surface area contributed by atoms with Crippen LogP contribution in [0.5, 0.6) is 5.75 Å². The Morgan fingerprint density at radius 2 is 2.00 bits per heavy atom. The number of nitrogens with one attached hydrogen (secondary N) is 1. The number of fused-ring (bicyclic) bond motifs is 1. The smallest absolute Gasteiger partial charge is 0.294 e. The fourth-order valence-electron chi connectivity index (χ4n) is 4.09. The van der Waals surface area contributed by atoms with Crippen LogP contribution in [0.4, 0.5) is 5.69 Å². The van der Waals surface area contributed by atoms with Gasteiger partial charge < -0.3 is 10.1 Å². The summed E-state index contributed by atoms with van der Waals surface area (Å²) in [4.78, 5) is 27.5. The van der Waals surface area contributed by atoms with Gasteiger partial charge in [-0.3, -0.25) is 14.5 Å². The van der Waals surface area contributed by atoms with Gasteiger partial charge in [0.2, 0.25) is 5.91 Å². The van der Waals surface area contributed by atoms with E-state index in [9.17, 15) is 9.59 Å². The second-order valence-corrected chi connectivity index (χ2v) is 8.88. The van der Waals surface area contributed by atoms with Crippen molar-refractivity contribution in [2.75, 3.05) is 11.4 Å². The maximum Gasteiger partial charge on any atom is 0.294 e. The molecule has 1 N–H and O–H groups in total. The maximum atomic E-state index is 13.2. The molecule has 2 amide bonds. The van der Waals surface area contributed by atoms with Crippen molar-refractivity contribution < 1.29 is 14.3 Å². The highest BCUT2D eigenvalue weighted by Gasteiger charge is 2.32. The highest BCUT2D eigenvalue weighted by molar-refractivity contribution is 9.10. The van der Waals surface area contributed by atoms with Crippen LogP contribution in [-0.4, -0.2) is 24.4 Å². The molecular weight excluding hydrogens is 444 g/mol. The number of ether oxygens (including phenoxy) is 1. The molecule has 4 rings (SSSR count). The van der Waals surface area contributed by atoms with Crippen molar-refractivity contribution in [1.82, 2.24) is 5.32 Å². The maximum absolute atomic E-state index is 13.2. The Labute approximate surface area is 185 Å². The van der Waals surface area contributed by atoms with Crippen molar-refractivity contribution in [1.29, 1.82) is 0 Å². The van der Waals surface area contributed by atoms with Gasteiger partial charge in [0.15, 0.2) is 11.5 Å². The van der Waals surface area contributed by atoms with Crippen LogP contribution < -0.4 is 15.0 Å². The van der Waals surface area contributed by atoms with E-state index in [-0.39, 0.29) is 30.2 Å². The molecular formula is C24H25BrN2O3. The van der Waals surface area contributed by atoms with Crippen LogP contribution in [0.25, 0.3) is 6.08 Å². The number of benzene rings is 2. The van der Waals surface area contributed by atoms with Crippen LogP contribution >= 0.6 is 15.9 Å². The van der Waals surface area contributed by atoms with E-state index in [1.54, 1.807) is 12.1 Å². The monoisotopic (exact) mass is 468 g/mol. The molecule has 1 fully saturated rings. The summed E-state index contributed by atoms with van der Waals surface area (Å²) >= 11 is 3.45. The summed E-state index contributed by atoms with van der Waals surface area (Å²) in [5.74, 6) is 0.770. The van der Waals surface area contributed by atoms with E-state index >= 15 is 0 Å². The van der Waals surface area contributed by atoms with Crippen LogP contribution in [0.1, 0.15) is 38.2 Å². The van der Waals surface area contributed by atoms with Crippen molar-refractivity contribution in [3.8, 4) is 5.75 Å². The van der Waals surface area contributed by atoms with Crippen molar-refractivity contribution in [3.63, 3.8) is 0 Å². The van der Waals surface area contributed by atoms with Crippen LogP contribution in [-0.2, 0) is 9.59 Å². The van der Waals surface area contributed by atoms with Gasteiger partial charge in [-0.2, -0.15) is 0 Å². The molecule has 2 aliphatic rings. The SMILES string of the molecule is C[C@H]1CCCC[C@H]1NC(=O)CN1C(=O)/C(=C\c2cccc(Br)c2)Oc2ccccc21. The molecule has 0 radical (unpaired) electrons. The third-order valence-corrected chi connectivity index (χ3v) is 6.23. The number of rotatable bonds is 4. The van der Waals surface area contributed by atoms with Gasteiger partial charge in [-0.1, -0.05) is 60.0 Å². The Kier molecular flexibility index (Phi) is 6.23. The zero-order valence-electron chi connectivity index (χ0n) is 16.9. The molecule has 2 aromatic rings. The van der Waals surface area contributed by atoms with Gasteiger partial charge in [-0.15, -0.1) is 0 Å². The molecule has 0 spiro atoms. The first-order chi connectivity index (χ1) is 14.5. The van der Waals surface area contributed by atoms with E-state index in [2.05, 4.69) is 28.2 Å². The molecule has 6 heteroatoms. The molecule has 5 nitrogen and oxygen atoms in total. The highest BCUT2D eigenvalue weighted by atomic mass is 79.9. The van der Waals surface area contributed by atoms with E-state index in [1.165, 1.54) is 11.3 Å². The molecule has 1 heterocycles. The molecule has 0 unspecified atom stereocenters. The average molecular weight is 469 g/mol. The zero-order valence-corrected chi connectivity index (χ0v) is 18.5. The fraction of sp³-hybridized carbons (Fsp3) is 0.333. The van der Waals surface area contributed by atoms with Crippen molar-refractivity contribution >= 4 is 39.5 Å². The number of nitrogens with zero attached hydrogens (tertiary/aromatic N) is 1. The summed E-state index contributed by atoms with van der Waals surface area (Å²) < 4.78 is 6.80. The number of hydrogen-bond acceptors (Lipinski definition) is 3. The summed E-state index contributed by atoms with van der Waals surface area (Å²) in [7, 11) is 0. The minimum atomic E-state index is -0.319. The van der Waals surface area contributed by atoms with Gasteiger partial charge in [0.25, 0.3) is 5.91 Å². The zero-order chi connectivity index (χ0) is 21.1. The first kappa shape index (κ1) is 20.7. The summed E-state index contributed by atoms with van der Waals surface area (Å²) in [5, 5.41) is 3.14. The summed E-state index contributed by atoms with van der Waals surface area (Å²) in [5.41, 5.74) is 1.45. The third kappa shape index (κ3) is 4.59. The molecule has 1 aliphatic heterocycles. The minimum absolute atomic E-state index is 0.0295. The van der Waals surface area contributed by atoms with Crippen LogP contribution in [0, 0.1) is 5.92 Å².